The Morgan fingerprint density at radius 2 is 1.75 bits per heavy atom. The van der Waals surface area contributed by atoms with Gasteiger partial charge in [0, 0.05) is 0 Å². The number of carboxylic acids is 1. The number of phenols is 1. The fraction of sp³-hybridized carbons (Fsp3) is 0.259. The van der Waals surface area contributed by atoms with E-state index in [9.17, 15) is 19.8 Å². The van der Waals surface area contributed by atoms with Crippen LogP contribution in [0.4, 0.5) is 11.4 Å². The van der Waals surface area contributed by atoms with Crippen LogP contribution in [0.25, 0.3) is 17.0 Å². The molecule has 3 N–H and O–H groups in total. The number of hydrogen-bond acceptors (Lipinski definition) is 6. The number of aromatic hydroxyl groups is 1. The highest BCUT2D eigenvalue weighted by molar-refractivity contribution is 5.86. The molecule has 5 rings (SSSR count). The molecule has 0 unspecified atom stereocenters. The molecule has 0 amide bonds. The molecule has 2 aromatic carbocycles. The van der Waals surface area contributed by atoms with Crippen LogP contribution in [0.1, 0.15) is 51.3 Å². The number of carbonyl (C=O) groups is 1. The second-order valence-corrected chi connectivity index (χ2v) is 9.13. The number of H-pyrrole nitrogens is 1. The van der Waals surface area contributed by atoms with E-state index in [4.69, 9.17) is 4.42 Å². The number of carboxylic acid groups (broad SMARTS) is 1. The van der Waals surface area contributed by atoms with Crippen molar-refractivity contribution in [2.45, 2.75) is 46.5 Å². The first-order chi connectivity index (χ1) is 17.2. The van der Waals surface area contributed by atoms with E-state index in [1.165, 1.54) is 16.8 Å². The van der Waals surface area contributed by atoms with E-state index in [1.807, 2.05) is 38.1 Å². The van der Waals surface area contributed by atoms with Gasteiger partial charge in [-0.05, 0) is 99.0 Å². The summed E-state index contributed by atoms with van der Waals surface area (Å²) in [6, 6.07) is 10.4. The first-order valence-corrected chi connectivity index (χ1v) is 11.8. The van der Waals surface area contributed by atoms with E-state index in [0.29, 0.717) is 16.9 Å². The van der Waals surface area contributed by atoms with Gasteiger partial charge in [0.1, 0.15) is 11.4 Å². The summed E-state index contributed by atoms with van der Waals surface area (Å²) in [6.07, 6.45) is 3.44. The van der Waals surface area contributed by atoms with Gasteiger partial charge < -0.3 is 14.6 Å². The topological polar surface area (TPSA) is 133 Å². The Balaban J connectivity index is 1.60. The molecular formula is C27H26N4O5. The van der Waals surface area contributed by atoms with Gasteiger partial charge in [-0.2, -0.15) is 0 Å². The van der Waals surface area contributed by atoms with Crippen molar-refractivity contribution in [3.05, 3.63) is 80.5 Å². The number of nitrogens with one attached hydrogen (secondary N) is 1. The Labute approximate surface area is 206 Å². The van der Waals surface area contributed by atoms with Gasteiger partial charge in [0.15, 0.2) is 11.4 Å². The SMILES string of the molecule is Cc1ccc(-n2[nH]c(C)c(N=Nc3c(O)c(-c4ccc(C(=O)O)o4)cc4c3CCCC4)c2=O)cc1C. The average Bonchev–Trinajstić information content (AvgIpc) is 3.45. The molecule has 36 heavy (non-hydrogen) atoms. The summed E-state index contributed by atoms with van der Waals surface area (Å²) in [4.78, 5) is 24.4. The highest BCUT2D eigenvalue weighted by Gasteiger charge is 2.24. The quantitative estimate of drug-likeness (QED) is 0.295. The summed E-state index contributed by atoms with van der Waals surface area (Å²) in [5, 5.41) is 32.1. The van der Waals surface area contributed by atoms with E-state index in [0.717, 1.165) is 47.9 Å². The lowest BCUT2D eigenvalue weighted by atomic mass is 9.88. The van der Waals surface area contributed by atoms with E-state index >= 15 is 0 Å². The molecule has 9 heteroatoms. The fourth-order valence-electron chi connectivity index (χ4n) is 4.57. The largest absolute Gasteiger partial charge is 0.505 e. The van der Waals surface area contributed by atoms with Gasteiger partial charge in [-0.25, -0.2) is 9.48 Å². The number of aromatic carboxylic acids is 1. The maximum absolute atomic E-state index is 13.2. The van der Waals surface area contributed by atoms with Crippen molar-refractivity contribution in [1.82, 2.24) is 9.78 Å². The van der Waals surface area contributed by atoms with Gasteiger partial charge >= 0.3 is 5.97 Å². The van der Waals surface area contributed by atoms with Crippen LogP contribution in [0, 0.1) is 20.8 Å². The van der Waals surface area contributed by atoms with Crippen molar-refractivity contribution in [3.8, 4) is 22.8 Å². The Kier molecular flexibility index (Phi) is 5.83. The summed E-state index contributed by atoms with van der Waals surface area (Å²) in [7, 11) is 0. The summed E-state index contributed by atoms with van der Waals surface area (Å²) >= 11 is 0. The molecule has 2 aromatic heterocycles. The maximum atomic E-state index is 13.2. The van der Waals surface area contributed by atoms with E-state index in [1.54, 1.807) is 6.92 Å². The number of furan rings is 1. The zero-order valence-electron chi connectivity index (χ0n) is 20.3. The van der Waals surface area contributed by atoms with E-state index < -0.39 is 5.97 Å². The van der Waals surface area contributed by atoms with Crippen molar-refractivity contribution < 1.29 is 19.4 Å². The molecule has 9 nitrogen and oxygen atoms in total. The van der Waals surface area contributed by atoms with Crippen molar-refractivity contribution in [2.75, 3.05) is 0 Å². The molecule has 4 aromatic rings. The molecule has 2 heterocycles. The number of azo groups is 1. The normalized spacial score (nSPS) is 13.3. The minimum Gasteiger partial charge on any atom is -0.505 e. The van der Waals surface area contributed by atoms with Gasteiger partial charge in [0.05, 0.1) is 16.9 Å². The predicted octanol–water partition coefficient (Wildman–Crippen LogP) is 6.05. The Hall–Kier alpha value is -4.40. The average molecular weight is 487 g/mol. The monoisotopic (exact) mass is 486 g/mol. The molecule has 0 spiro atoms. The molecular weight excluding hydrogens is 460 g/mol. The lowest BCUT2D eigenvalue weighted by molar-refractivity contribution is 0.0663. The first kappa shape index (κ1) is 23.3. The van der Waals surface area contributed by atoms with Crippen LogP contribution in [-0.4, -0.2) is 26.0 Å². The number of aromatic amines is 1. The zero-order chi connectivity index (χ0) is 25.6. The fourth-order valence-corrected chi connectivity index (χ4v) is 4.57. The standard InChI is InChI=1S/C27H26N4O5/c1-14-8-9-18(12-15(14)2)31-26(33)23(16(3)30-31)28-29-24-19-7-5-4-6-17(19)13-20(25(24)32)21-10-11-22(36-21)27(34)35/h8-13,30,32H,4-7H2,1-3H3,(H,34,35). The van der Waals surface area contributed by atoms with Crippen LogP contribution >= 0.6 is 0 Å². The summed E-state index contributed by atoms with van der Waals surface area (Å²) in [5.74, 6) is -1.35. The third-order valence-electron chi connectivity index (χ3n) is 6.72. The van der Waals surface area contributed by atoms with Crippen LogP contribution in [-0.2, 0) is 12.8 Å². The van der Waals surface area contributed by atoms with Crippen LogP contribution < -0.4 is 5.56 Å². The number of aryl methyl sites for hydroxylation is 4. The Morgan fingerprint density at radius 1 is 1.00 bits per heavy atom. The van der Waals surface area contributed by atoms with Gasteiger partial charge in [-0.1, -0.05) is 6.07 Å². The second-order valence-electron chi connectivity index (χ2n) is 9.13. The number of benzene rings is 2. The lowest BCUT2D eigenvalue weighted by Crippen LogP contribution is -2.14. The number of rotatable bonds is 5. The Bertz CT molecular complexity index is 1590. The molecule has 0 fully saturated rings. The van der Waals surface area contributed by atoms with Crippen molar-refractivity contribution in [3.63, 3.8) is 0 Å². The summed E-state index contributed by atoms with van der Waals surface area (Å²) in [5.41, 5.74) is 5.71. The van der Waals surface area contributed by atoms with Crippen LogP contribution in [0.5, 0.6) is 5.75 Å². The lowest BCUT2D eigenvalue weighted by Gasteiger charge is -2.19. The number of hydrogen-bond donors (Lipinski definition) is 3. The summed E-state index contributed by atoms with van der Waals surface area (Å²) < 4.78 is 6.87. The second kappa shape index (κ2) is 8.99. The third-order valence-corrected chi connectivity index (χ3v) is 6.72. The zero-order valence-corrected chi connectivity index (χ0v) is 20.3. The smallest absolute Gasteiger partial charge is 0.371 e. The molecule has 0 saturated carbocycles. The van der Waals surface area contributed by atoms with Crippen LogP contribution in [0.2, 0.25) is 0 Å². The van der Waals surface area contributed by atoms with Crippen LogP contribution in [0.15, 0.2) is 55.8 Å². The van der Waals surface area contributed by atoms with E-state index in [-0.39, 0.29) is 34.2 Å². The van der Waals surface area contributed by atoms with Gasteiger partial charge in [-0.3, -0.25) is 9.89 Å². The number of phenolic OH excluding ortho intramolecular Hbond substituents is 1. The number of fused-ring (bicyclic) bond motifs is 1. The molecule has 0 atom stereocenters. The number of aromatic nitrogens is 2. The first-order valence-electron chi connectivity index (χ1n) is 11.8. The predicted molar refractivity (Wildman–Crippen MR) is 134 cm³/mol. The van der Waals surface area contributed by atoms with Crippen LogP contribution in [0.3, 0.4) is 0 Å². The van der Waals surface area contributed by atoms with E-state index in [2.05, 4.69) is 15.3 Å². The molecule has 0 aliphatic heterocycles. The highest BCUT2D eigenvalue weighted by Crippen LogP contribution is 2.45. The molecule has 1 aliphatic carbocycles. The molecule has 0 saturated heterocycles. The van der Waals surface area contributed by atoms with Gasteiger partial charge in [-0.15, -0.1) is 10.2 Å². The molecule has 0 bridgehead atoms. The minimum absolute atomic E-state index is 0.147. The molecule has 0 radical (unpaired) electrons. The third kappa shape index (κ3) is 4.02. The summed E-state index contributed by atoms with van der Waals surface area (Å²) in [6.45, 7) is 5.74. The molecule has 184 valence electrons. The molecule has 1 aliphatic rings. The van der Waals surface area contributed by atoms with Crippen molar-refractivity contribution in [2.24, 2.45) is 10.2 Å². The van der Waals surface area contributed by atoms with Crippen molar-refractivity contribution >= 4 is 17.3 Å². The van der Waals surface area contributed by atoms with Gasteiger partial charge in [0.25, 0.3) is 5.56 Å². The highest BCUT2D eigenvalue weighted by atomic mass is 16.4. The van der Waals surface area contributed by atoms with Gasteiger partial charge in [0.2, 0.25) is 5.76 Å². The Morgan fingerprint density at radius 3 is 2.47 bits per heavy atom. The minimum atomic E-state index is -1.19. The number of nitrogens with zero attached hydrogens (tertiary/aromatic N) is 3. The maximum Gasteiger partial charge on any atom is 0.371 e. The van der Waals surface area contributed by atoms with Crippen molar-refractivity contribution in [1.29, 1.82) is 0 Å².